The van der Waals surface area contributed by atoms with Gasteiger partial charge < -0.3 is 15.4 Å². The number of aromatic nitrogens is 2. The van der Waals surface area contributed by atoms with Crippen molar-refractivity contribution in [3.05, 3.63) is 51.6 Å². The Kier molecular flexibility index (Phi) is 4.45. The predicted octanol–water partition coefficient (Wildman–Crippen LogP) is 2.11. The summed E-state index contributed by atoms with van der Waals surface area (Å²) in [6.45, 7) is 2.00. The van der Waals surface area contributed by atoms with Gasteiger partial charge in [0.15, 0.2) is 5.69 Å². The highest BCUT2D eigenvalue weighted by Gasteiger charge is 2.33. The molecule has 2 atom stereocenters. The van der Waals surface area contributed by atoms with Crippen molar-refractivity contribution >= 4 is 17.5 Å². The molecule has 1 fully saturated rings. The normalized spacial score (nSPS) is 22.6. The van der Waals surface area contributed by atoms with Crippen LogP contribution in [0.5, 0.6) is 0 Å². The number of amides is 1. The van der Waals surface area contributed by atoms with E-state index in [0.717, 1.165) is 24.2 Å². The van der Waals surface area contributed by atoms with Gasteiger partial charge in [-0.15, -0.1) is 0 Å². The summed E-state index contributed by atoms with van der Waals surface area (Å²) in [5.74, 6) is -0.733. The SMILES string of the molecule is O=C(NC1CCOC1c1ccc(Cl)c(F)c1)c1n[nH]c2c1CNCC2. The standard InChI is InChI=1S/C17H18ClFN4O2/c18-11-2-1-9(7-12(11)19)16-14(4-6-25-16)21-17(24)15-10-8-20-5-3-13(10)22-23-15/h1-2,7,14,16,20H,3-6,8H2,(H,21,24)(H,22,23). The Hall–Kier alpha value is -1.96. The molecule has 132 valence electrons. The largest absolute Gasteiger partial charge is 0.371 e. The lowest BCUT2D eigenvalue weighted by Gasteiger charge is -2.20. The van der Waals surface area contributed by atoms with E-state index in [2.05, 4.69) is 20.8 Å². The average Bonchev–Trinajstić information content (AvgIpc) is 3.24. The molecule has 6 nitrogen and oxygen atoms in total. The van der Waals surface area contributed by atoms with Crippen LogP contribution < -0.4 is 10.6 Å². The van der Waals surface area contributed by atoms with Gasteiger partial charge in [-0.05, 0) is 24.1 Å². The smallest absolute Gasteiger partial charge is 0.272 e. The van der Waals surface area contributed by atoms with Gasteiger partial charge in [-0.2, -0.15) is 5.10 Å². The van der Waals surface area contributed by atoms with Gasteiger partial charge in [-0.3, -0.25) is 9.89 Å². The minimum atomic E-state index is -0.493. The maximum absolute atomic E-state index is 13.7. The molecule has 2 aliphatic rings. The van der Waals surface area contributed by atoms with Crippen molar-refractivity contribution in [3.8, 4) is 0 Å². The van der Waals surface area contributed by atoms with Gasteiger partial charge in [-0.25, -0.2) is 4.39 Å². The first-order valence-corrected chi connectivity index (χ1v) is 8.65. The number of nitrogens with one attached hydrogen (secondary N) is 3. The fourth-order valence-corrected chi connectivity index (χ4v) is 3.52. The lowest BCUT2D eigenvalue weighted by Crippen LogP contribution is -2.38. The molecule has 3 N–H and O–H groups in total. The van der Waals surface area contributed by atoms with Crippen LogP contribution in [0.1, 0.15) is 39.8 Å². The van der Waals surface area contributed by atoms with Crippen molar-refractivity contribution in [1.29, 1.82) is 0 Å². The number of H-pyrrole nitrogens is 1. The number of ether oxygens (including phenoxy) is 1. The molecule has 0 aliphatic carbocycles. The van der Waals surface area contributed by atoms with E-state index in [-0.39, 0.29) is 17.0 Å². The van der Waals surface area contributed by atoms with Crippen LogP contribution in [0.2, 0.25) is 5.02 Å². The van der Waals surface area contributed by atoms with Gasteiger partial charge in [0.2, 0.25) is 0 Å². The second kappa shape index (κ2) is 6.74. The number of carbonyl (C=O) groups excluding carboxylic acids is 1. The van der Waals surface area contributed by atoms with Gasteiger partial charge >= 0.3 is 0 Å². The maximum atomic E-state index is 13.7. The number of benzene rings is 1. The summed E-state index contributed by atoms with van der Waals surface area (Å²) in [5, 5.41) is 13.4. The fourth-order valence-electron chi connectivity index (χ4n) is 3.41. The van der Waals surface area contributed by atoms with Crippen LogP contribution >= 0.6 is 11.6 Å². The molecule has 1 saturated heterocycles. The summed E-state index contributed by atoms with van der Waals surface area (Å²) in [4.78, 5) is 12.7. The molecule has 0 bridgehead atoms. The quantitative estimate of drug-likeness (QED) is 0.779. The molecule has 2 unspecified atom stereocenters. The zero-order valence-corrected chi connectivity index (χ0v) is 14.2. The Balaban J connectivity index is 1.52. The van der Waals surface area contributed by atoms with Gasteiger partial charge in [-0.1, -0.05) is 17.7 Å². The van der Waals surface area contributed by atoms with Crippen molar-refractivity contribution in [1.82, 2.24) is 20.8 Å². The molecule has 0 saturated carbocycles. The van der Waals surface area contributed by atoms with Crippen LogP contribution in [-0.2, 0) is 17.7 Å². The van der Waals surface area contributed by atoms with E-state index in [1.807, 2.05) is 0 Å². The van der Waals surface area contributed by atoms with Crippen LogP contribution in [0, 0.1) is 5.82 Å². The topological polar surface area (TPSA) is 79.0 Å². The van der Waals surface area contributed by atoms with E-state index in [0.29, 0.717) is 30.8 Å². The van der Waals surface area contributed by atoms with Gasteiger partial charge in [0.05, 0.1) is 11.1 Å². The second-order valence-corrected chi connectivity index (χ2v) is 6.70. The zero-order chi connectivity index (χ0) is 17.4. The highest BCUT2D eigenvalue weighted by atomic mass is 35.5. The number of hydrogen-bond donors (Lipinski definition) is 3. The first kappa shape index (κ1) is 16.5. The van der Waals surface area contributed by atoms with Crippen LogP contribution in [0.25, 0.3) is 0 Å². The fraction of sp³-hybridized carbons (Fsp3) is 0.412. The Morgan fingerprint density at radius 2 is 2.32 bits per heavy atom. The number of halogens is 2. The molecule has 2 aromatic rings. The molecule has 8 heteroatoms. The number of rotatable bonds is 3. The van der Waals surface area contributed by atoms with Crippen molar-refractivity contribution < 1.29 is 13.9 Å². The van der Waals surface area contributed by atoms with Crippen molar-refractivity contribution in [2.75, 3.05) is 13.2 Å². The van der Waals surface area contributed by atoms with E-state index in [9.17, 15) is 9.18 Å². The van der Waals surface area contributed by atoms with E-state index >= 15 is 0 Å². The number of nitrogens with zero attached hydrogens (tertiary/aromatic N) is 1. The molecule has 25 heavy (non-hydrogen) atoms. The number of fused-ring (bicyclic) bond motifs is 1. The Labute approximate surface area is 149 Å². The molecular formula is C17H18ClFN4O2. The van der Waals surface area contributed by atoms with Crippen LogP contribution in [0.15, 0.2) is 18.2 Å². The summed E-state index contributed by atoms with van der Waals surface area (Å²) in [5.41, 5.74) is 2.99. The average molecular weight is 365 g/mol. The second-order valence-electron chi connectivity index (χ2n) is 6.29. The Bertz CT molecular complexity index is 810. The summed E-state index contributed by atoms with van der Waals surface area (Å²) in [7, 11) is 0. The van der Waals surface area contributed by atoms with Crippen LogP contribution in [0.3, 0.4) is 0 Å². The van der Waals surface area contributed by atoms with Crippen molar-refractivity contribution in [2.45, 2.75) is 31.5 Å². The highest BCUT2D eigenvalue weighted by molar-refractivity contribution is 6.30. The van der Waals surface area contributed by atoms with E-state index in [1.165, 1.54) is 12.1 Å². The molecule has 0 radical (unpaired) electrons. The third-order valence-corrected chi connectivity index (χ3v) is 5.01. The van der Waals surface area contributed by atoms with E-state index in [4.69, 9.17) is 16.3 Å². The highest BCUT2D eigenvalue weighted by Crippen LogP contribution is 2.31. The number of aromatic amines is 1. The molecule has 4 rings (SSSR count). The van der Waals surface area contributed by atoms with Gasteiger partial charge in [0.25, 0.3) is 5.91 Å². The number of carbonyl (C=O) groups is 1. The Morgan fingerprint density at radius 3 is 3.16 bits per heavy atom. The molecule has 1 amide bonds. The van der Waals surface area contributed by atoms with Crippen LogP contribution in [-0.4, -0.2) is 35.3 Å². The van der Waals surface area contributed by atoms with Crippen LogP contribution in [0.4, 0.5) is 4.39 Å². The minimum Gasteiger partial charge on any atom is -0.371 e. The van der Waals surface area contributed by atoms with E-state index < -0.39 is 11.9 Å². The molecule has 0 spiro atoms. The maximum Gasteiger partial charge on any atom is 0.272 e. The monoisotopic (exact) mass is 364 g/mol. The third-order valence-electron chi connectivity index (χ3n) is 4.70. The third kappa shape index (κ3) is 3.15. The molecule has 1 aromatic carbocycles. The summed E-state index contributed by atoms with van der Waals surface area (Å²) in [6, 6.07) is 4.35. The number of hydrogen-bond acceptors (Lipinski definition) is 4. The minimum absolute atomic E-state index is 0.0676. The zero-order valence-electron chi connectivity index (χ0n) is 13.4. The summed E-state index contributed by atoms with van der Waals surface area (Å²) in [6.07, 6.45) is 1.09. The first-order valence-electron chi connectivity index (χ1n) is 8.27. The molecular weight excluding hydrogens is 347 g/mol. The summed E-state index contributed by atoms with van der Waals surface area (Å²) >= 11 is 5.74. The summed E-state index contributed by atoms with van der Waals surface area (Å²) < 4.78 is 19.5. The predicted molar refractivity (Wildman–Crippen MR) is 90.0 cm³/mol. The Morgan fingerprint density at radius 1 is 1.44 bits per heavy atom. The van der Waals surface area contributed by atoms with Crippen molar-refractivity contribution in [2.24, 2.45) is 0 Å². The van der Waals surface area contributed by atoms with Crippen molar-refractivity contribution in [3.63, 3.8) is 0 Å². The first-order chi connectivity index (χ1) is 12.1. The molecule has 1 aromatic heterocycles. The molecule has 3 heterocycles. The van der Waals surface area contributed by atoms with E-state index in [1.54, 1.807) is 6.07 Å². The van der Waals surface area contributed by atoms with Gasteiger partial charge in [0.1, 0.15) is 11.9 Å². The lowest BCUT2D eigenvalue weighted by atomic mass is 10.0. The van der Waals surface area contributed by atoms with Gasteiger partial charge in [0, 0.05) is 37.4 Å². The molecule has 2 aliphatic heterocycles. The lowest BCUT2D eigenvalue weighted by molar-refractivity contribution is 0.0816.